The molecule has 148 valence electrons. The number of aliphatic imine (C=N–C) groups is 1. The van der Waals surface area contributed by atoms with Crippen molar-refractivity contribution < 1.29 is 4.74 Å². The molecule has 1 aromatic rings. The van der Waals surface area contributed by atoms with Crippen LogP contribution in [0.5, 0.6) is 0 Å². The average molecular weight is 381 g/mol. The molecule has 0 saturated heterocycles. The molecule has 6 heteroatoms. The molecule has 1 aliphatic rings. The van der Waals surface area contributed by atoms with Gasteiger partial charge in [0.15, 0.2) is 5.96 Å². The van der Waals surface area contributed by atoms with E-state index in [2.05, 4.69) is 41.8 Å². The van der Waals surface area contributed by atoms with Crippen LogP contribution < -0.4 is 10.6 Å². The van der Waals surface area contributed by atoms with Gasteiger partial charge < -0.3 is 15.4 Å². The fourth-order valence-electron chi connectivity index (χ4n) is 3.57. The van der Waals surface area contributed by atoms with Gasteiger partial charge in [-0.1, -0.05) is 19.8 Å². The highest BCUT2D eigenvalue weighted by molar-refractivity contribution is 7.09. The molecule has 0 radical (unpaired) electrons. The average Bonchev–Trinajstić information content (AvgIpc) is 3.30. The third-order valence-electron chi connectivity index (χ3n) is 5.14. The van der Waals surface area contributed by atoms with E-state index < -0.39 is 0 Å². The molecule has 5 nitrogen and oxygen atoms in total. The molecule has 0 spiro atoms. The fraction of sp³-hybridized carbons (Fsp3) is 0.800. The summed E-state index contributed by atoms with van der Waals surface area (Å²) in [7, 11) is 0. The first-order valence-corrected chi connectivity index (χ1v) is 11.1. The number of guanidine groups is 1. The molecule has 0 bridgehead atoms. The second-order valence-corrected chi connectivity index (χ2v) is 8.05. The van der Waals surface area contributed by atoms with Gasteiger partial charge in [0, 0.05) is 44.6 Å². The van der Waals surface area contributed by atoms with E-state index in [9.17, 15) is 0 Å². The Morgan fingerprint density at radius 2 is 2.08 bits per heavy atom. The highest BCUT2D eigenvalue weighted by atomic mass is 32.1. The zero-order valence-corrected chi connectivity index (χ0v) is 17.6. The van der Waals surface area contributed by atoms with E-state index >= 15 is 0 Å². The van der Waals surface area contributed by atoms with Crippen molar-refractivity contribution in [2.75, 3.05) is 32.8 Å². The number of nitrogens with one attached hydrogen (secondary N) is 2. The lowest BCUT2D eigenvalue weighted by molar-refractivity contribution is 0.107. The van der Waals surface area contributed by atoms with Gasteiger partial charge in [0.2, 0.25) is 0 Å². The van der Waals surface area contributed by atoms with Crippen molar-refractivity contribution in [1.82, 2.24) is 15.6 Å². The number of hydrogen-bond donors (Lipinski definition) is 2. The summed E-state index contributed by atoms with van der Waals surface area (Å²) in [5, 5.41) is 10.3. The lowest BCUT2D eigenvalue weighted by Gasteiger charge is -2.27. The Kier molecular flexibility index (Phi) is 9.40. The van der Waals surface area contributed by atoms with Gasteiger partial charge >= 0.3 is 0 Å². The maximum Gasteiger partial charge on any atom is 0.191 e. The number of ether oxygens (including phenoxy) is 1. The van der Waals surface area contributed by atoms with Gasteiger partial charge in [-0.2, -0.15) is 0 Å². The summed E-state index contributed by atoms with van der Waals surface area (Å²) in [5.74, 6) is 0.932. The Morgan fingerprint density at radius 1 is 1.27 bits per heavy atom. The van der Waals surface area contributed by atoms with Crippen LogP contribution >= 0.6 is 11.3 Å². The quantitative estimate of drug-likeness (QED) is 0.348. The van der Waals surface area contributed by atoms with Gasteiger partial charge in [0.1, 0.15) is 0 Å². The highest BCUT2D eigenvalue weighted by Gasteiger charge is 2.33. The number of nitrogens with zero attached hydrogens (tertiary/aromatic N) is 2. The zero-order chi connectivity index (χ0) is 18.7. The minimum atomic E-state index is 0.336. The lowest BCUT2D eigenvalue weighted by Crippen LogP contribution is -2.39. The van der Waals surface area contributed by atoms with Crippen LogP contribution in [0.3, 0.4) is 0 Å². The van der Waals surface area contributed by atoms with Gasteiger partial charge in [-0.25, -0.2) is 4.98 Å². The lowest BCUT2D eigenvalue weighted by atomic mass is 9.83. The zero-order valence-electron chi connectivity index (χ0n) is 16.8. The number of aryl methyl sites for hydroxylation is 1. The predicted octanol–water partition coefficient (Wildman–Crippen LogP) is 3.79. The third-order valence-corrected chi connectivity index (χ3v) is 6.18. The van der Waals surface area contributed by atoms with Crippen LogP contribution in [0.2, 0.25) is 0 Å². The second-order valence-electron chi connectivity index (χ2n) is 7.11. The summed E-state index contributed by atoms with van der Waals surface area (Å²) in [4.78, 5) is 9.56. The topological polar surface area (TPSA) is 58.5 Å². The normalized spacial score (nSPS) is 16.8. The van der Waals surface area contributed by atoms with Crippen LogP contribution in [-0.2, 0) is 17.6 Å². The summed E-state index contributed by atoms with van der Waals surface area (Å²) in [6, 6.07) is 0. The van der Waals surface area contributed by atoms with Crippen LogP contribution in [0.1, 0.15) is 63.6 Å². The Bertz CT molecular complexity index is 538. The third kappa shape index (κ3) is 6.88. The van der Waals surface area contributed by atoms with Crippen molar-refractivity contribution in [3.8, 4) is 0 Å². The molecule has 0 atom stereocenters. The van der Waals surface area contributed by atoms with Gasteiger partial charge in [0.25, 0.3) is 0 Å². The van der Waals surface area contributed by atoms with Crippen LogP contribution in [0.15, 0.2) is 10.4 Å². The molecule has 1 saturated carbocycles. The Hall–Kier alpha value is -1.14. The molecule has 0 aliphatic heterocycles. The smallest absolute Gasteiger partial charge is 0.191 e. The summed E-state index contributed by atoms with van der Waals surface area (Å²) in [6.45, 7) is 10.6. The number of rotatable bonds is 11. The molecule has 0 amide bonds. The van der Waals surface area contributed by atoms with Crippen LogP contribution in [0, 0.1) is 5.41 Å². The molecule has 0 aromatic carbocycles. The Morgan fingerprint density at radius 3 is 2.73 bits per heavy atom. The minimum absolute atomic E-state index is 0.336. The van der Waals surface area contributed by atoms with E-state index in [4.69, 9.17) is 9.73 Å². The second kappa shape index (κ2) is 11.5. The van der Waals surface area contributed by atoms with E-state index in [0.29, 0.717) is 5.41 Å². The molecule has 26 heavy (non-hydrogen) atoms. The molecule has 1 aliphatic carbocycles. The van der Waals surface area contributed by atoms with Crippen molar-refractivity contribution in [3.05, 3.63) is 16.1 Å². The first-order valence-electron chi connectivity index (χ1n) is 10.2. The van der Waals surface area contributed by atoms with E-state index in [-0.39, 0.29) is 0 Å². The van der Waals surface area contributed by atoms with E-state index in [0.717, 1.165) is 58.1 Å². The SMILES string of the molecule is CCNC(=NCC1(CCOCC)CCCC1)NCCc1csc(CC)n1. The molecule has 2 rings (SSSR count). The minimum Gasteiger partial charge on any atom is -0.382 e. The summed E-state index contributed by atoms with van der Waals surface area (Å²) in [6.07, 6.45) is 8.30. The maximum absolute atomic E-state index is 5.61. The van der Waals surface area contributed by atoms with Gasteiger partial charge in [-0.05, 0) is 44.9 Å². The molecule has 1 heterocycles. The monoisotopic (exact) mass is 380 g/mol. The summed E-state index contributed by atoms with van der Waals surface area (Å²) >= 11 is 1.76. The number of hydrogen-bond acceptors (Lipinski definition) is 4. The Labute approximate surface area is 163 Å². The fourth-order valence-corrected chi connectivity index (χ4v) is 4.35. The van der Waals surface area contributed by atoms with Crippen molar-refractivity contribution in [2.45, 2.75) is 65.7 Å². The molecule has 2 N–H and O–H groups in total. The predicted molar refractivity (Wildman–Crippen MR) is 111 cm³/mol. The molecular weight excluding hydrogens is 344 g/mol. The van der Waals surface area contributed by atoms with Crippen LogP contribution in [0.4, 0.5) is 0 Å². The highest BCUT2D eigenvalue weighted by Crippen LogP contribution is 2.41. The van der Waals surface area contributed by atoms with Gasteiger partial charge in [0.05, 0.1) is 10.7 Å². The first kappa shape index (κ1) is 21.2. The van der Waals surface area contributed by atoms with Crippen molar-refractivity contribution in [3.63, 3.8) is 0 Å². The van der Waals surface area contributed by atoms with E-state index in [1.54, 1.807) is 11.3 Å². The molecule has 0 unspecified atom stereocenters. The summed E-state index contributed by atoms with van der Waals surface area (Å²) < 4.78 is 5.61. The number of aromatic nitrogens is 1. The van der Waals surface area contributed by atoms with Crippen LogP contribution in [-0.4, -0.2) is 43.8 Å². The molecule has 1 aromatic heterocycles. The number of thiazole rings is 1. The first-order chi connectivity index (χ1) is 12.7. The van der Waals surface area contributed by atoms with Crippen molar-refractivity contribution >= 4 is 17.3 Å². The largest absolute Gasteiger partial charge is 0.382 e. The summed E-state index contributed by atoms with van der Waals surface area (Å²) in [5.41, 5.74) is 1.52. The van der Waals surface area contributed by atoms with E-state index in [1.807, 2.05) is 0 Å². The van der Waals surface area contributed by atoms with Gasteiger partial charge in [-0.15, -0.1) is 11.3 Å². The molecule has 1 fully saturated rings. The Balaban J connectivity index is 1.85. The van der Waals surface area contributed by atoms with Crippen LogP contribution in [0.25, 0.3) is 0 Å². The van der Waals surface area contributed by atoms with Gasteiger partial charge in [-0.3, -0.25) is 4.99 Å². The standard InChI is InChI=1S/C20H36N4OS/c1-4-18-24-17(15-26-18)9-13-22-19(21-5-2)23-16-20(10-7-8-11-20)12-14-25-6-3/h15H,4-14,16H2,1-3H3,(H2,21,22,23). The van der Waals surface area contributed by atoms with E-state index in [1.165, 1.54) is 36.4 Å². The van der Waals surface area contributed by atoms with Crippen molar-refractivity contribution in [2.24, 2.45) is 10.4 Å². The molecular formula is C20H36N4OS. The maximum atomic E-state index is 5.61. The van der Waals surface area contributed by atoms with Crippen molar-refractivity contribution in [1.29, 1.82) is 0 Å².